The van der Waals surface area contributed by atoms with Crippen molar-refractivity contribution in [1.29, 1.82) is 0 Å². The van der Waals surface area contributed by atoms with Crippen LogP contribution in [-0.4, -0.2) is 16.4 Å². The number of hydrogen-bond donors (Lipinski definition) is 0. The molecular formula is C16H17ClN2O2. The van der Waals surface area contributed by atoms with Gasteiger partial charge in [-0.2, -0.15) is 0 Å². The Kier molecular flexibility index (Phi) is 5.31. The van der Waals surface area contributed by atoms with Crippen molar-refractivity contribution in [2.45, 2.75) is 20.0 Å². The Morgan fingerprint density at radius 2 is 1.86 bits per heavy atom. The van der Waals surface area contributed by atoms with Crippen molar-refractivity contribution in [2.75, 3.05) is 6.54 Å². The largest absolute Gasteiger partial charge is 0.295 e. The van der Waals surface area contributed by atoms with Gasteiger partial charge >= 0.3 is 0 Å². The maximum absolute atomic E-state index is 10.9. The molecule has 0 unspecified atom stereocenters. The number of nitro benzene ring substituents is 1. The Hall–Kier alpha value is -1.91. The van der Waals surface area contributed by atoms with Gasteiger partial charge in [-0.1, -0.05) is 48.9 Å². The summed E-state index contributed by atoms with van der Waals surface area (Å²) < 4.78 is 0. The highest BCUT2D eigenvalue weighted by atomic mass is 35.5. The van der Waals surface area contributed by atoms with Crippen molar-refractivity contribution in [3.05, 3.63) is 74.8 Å². The predicted molar refractivity (Wildman–Crippen MR) is 84.3 cm³/mol. The van der Waals surface area contributed by atoms with Crippen LogP contribution in [0.15, 0.2) is 48.5 Å². The monoisotopic (exact) mass is 304 g/mol. The molecule has 0 saturated carbocycles. The number of rotatable bonds is 6. The lowest BCUT2D eigenvalue weighted by molar-refractivity contribution is -0.384. The van der Waals surface area contributed by atoms with Crippen LogP contribution in [0.5, 0.6) is 0 Å². The van der Waals surface area contributed by atoms with E-state index in [0.29, 0.717) is 11.6 Å². The van der Waals surface area contributed by atoms with Crippen LogP contribution in [0.2, 0.25) is 5.02 Å². The summed E-state index contributed by atoms with van der Waals surface area (Å²) in [5.74, 6) is 0. The van der Waals surface area contributed by atoms with Gasteiger partial charge in [0.05, 0.1) is 4.92 Å². The van der Waals surface area contributed by atoms with Crippen LogP contribution >= 0.6 is 11.6 Å². The SMILES string of the molecule is CCN(Cc1ccccc1)Cc1cc([N+](=O)[O-])ccc1Cl. The van der Waals surface area contributed by atoms with Gasteiger partial charge in [-0.05, 0) is 23.7 Å². The maximum atomic E-state index is 10.9. The van der Waals surface area contributed by atoms with E-state index in [0.717, 1.165) is 18.7 Å². The zero-order valence-electron chi connectivity index (χ0n) is 11.8. The number of nitro groups is 1. The first-order chi connectivity index (χ1) is 10.1. The Bertz CT molecular complexity index is 617. The third-order valence-corrected chi connectivity index (χ3v) is 3.70. The minimum Gasteiger partial charge on any atom is -0.295 e. The normalized spacial score (nSPS) is 10.8. The van der Waals surface area contributed by atoms with Crippen LogP contribution in [0.1, 0.15) is 18.1 Å². The average molecular weight is 305 g/mol. The first-order valence-electron chi connectivity index (χ1n) is 6.79. The summed E-state index contributed by atoms with van der Waals surface area (Å²) in [5, 5.41) is 11.4. The van der Waals surface area contributed by atoms with Crippen LogP contribution in [-0.2, 0) is 13.1 Å². The van der Waals surface area contributed by atoms with Crippen molar-refractivity contribution in [3.8, 4) is 0 Å². The van der Waals surface area contributed by atoms with Crippen LogP contribution in [0.4, 0.5) is 5.69 Å². The second kappa shape index (κ2) is 7.20. The Balaban J connectivity index is 2.14. The molecule has 0 heterocycles. The molecule has 0 bridgehead atoms. The molecule has 0 radical (unpaired) electrons. The number of non-ortho nitro benzene ring substituents is 1. The van der Waals surface area contributed by atoms with Gasteiger partial charge in [0.2, 0.25) is 0 Å². The highest BCUT2D eigenvalue weighted by Gasteiger charge is 2.12. The fraction of sp³-hybridized carbons (Fsp3) is 0.250. The molecule has 2 rings (SSSR count). The summed E-state index contributed by atoms with van der Waals surface area (Å²) in [6, 6.07) is 14.7. The summed E-state index contributed by atoms with van der Waals surface area (Å²) in [5.41, 5.74) is 2.06. The molecule has 0 spiro atoms. The molecule has 0 saturated heterocycles. The topological polar surface area (TPSA) is 46.4 Å². The standard InChI is InChI=1S/C16H17ClN2O2/c1-2-18(11-13-6-4-3-5-7-13)12-14-10-15(19(20)21)8-9-16(14)17/h3-10H,2,11-12H2,1H3. The smallest absolute Gasteiger partial charge is 0.269 e. The minimum absolute atomic E-state index is 0.0742. The van der Waals surface area contributed by atoms with Crippen molar-refractivity contribution < 1.29 is 4.92 Å². The molecule has 5 heteroatoms. The molecule has 0 aliphatic rings. The summed E-state index contributed by atoms with van der Waals surface area (Å²) in [7, 11) is 0. The Morgan fingerprint density at radius 3 is 2.48 bits per heavy atom. The number of halogens is 1. The number of benzene rings is 2. The van der Waals surface area contributed by atoms with E-state index < -0.39 is 4.92 Å². The van der Waals surface area contributed by atoms with Crippen LogP contribution in [0.25, 0.3) is 0 Å². The molecule has 21 heavy (non-hydrogen) atoms. The van der Waals surface area contributed by atoms with Crippen molar-refractivity contribution >= 4 is 17.3 Å². The van der Waals surface area contributed by atoms with Crippen molar-refractivity contribution in [1.82, 2.24) is 4.90 Å². The lowest BCUT2D eigenvalue weighted by Crippen LogP contribution is -2.22. The van der Waals surface area contributed by atoms with E-state index in [4.69, 9.17) is 11.6 Å². The lowest BCUT2D eigenvalue weighted by atomic mass is 10.1. The van der Waals surface area contributed by atoms with E-state index >= 15 is 0 Å². The fourth-order valence-corrected chi connectivity index (χ4v) is 2.34. The van der Waals surface area contributed by atoms with Gasteiger partial charge in [-0.15, -0.1) is 0 Å². The Morgan fingerprint density at radius 1 is 1.14 bits per heavy atom. The van der Waals surface area contributed by atoms with E-state index in [9.17, 15) is 10.1 Å². The van der Waals surface area contributed by atoms with Gasteiger partial charge in [-0.25, -0.2) is 0 Å². The van der Waals surface area contributed by atoms with Gasteiger partial charge in [0.1, 0.15) is 0 Å². The molecule has 0 aliphatic carbocycles. The zero-order valence-corrected chi connectivity index (χ0v) is 12.6. The second-order valence-corrected chi connectivity index (χ2v) is 5.23. The lowest BCUT2D eigenvalue weighted by Gasteiger charge is -2.21. The molecule has 0 aliphatic heterocycles. The van der Waals surface area contributed by atoms with Gasteiger partial charge in [0.25, 0.3) is 5.69 Å². The van der Waals surface area contributed by atoms with E-state index in [-0.39, 0.29) is 5.69 Å². The third-order valence-electron chi connectivity index (χ3n) is 3.33. The van der Waals surface area contributed by atoms with E-state index in [1.165, 1.54) is 11.6 Å². The predicted octanol–water partition coefficient (Wildman–Crippen LogP) is 4.27. The van der Waals surface area contributed by atoms with Crippen LogP contribution < -0.4 is 0 Å². The molecule has 2 aromatic rings. The number of hydrogen-bond acceptors (Lipinski definition) is 3. The molecule has 0 N–H and O–H groups in total. The molecule has 0 aromatic heterocycles. The van der Waals surface area contributed by atoms with Gasteiger partial charge < -0.3 is 0 Å². The van der Waals surface area contributed by atoms with E-state index in [1.54, 1.807) is 12.1 Å². The molecule has 2 aromatic carbocycles. The summed E-state index contributed by atoms with van der Waals surface area (Å²) in [6.45, 7) is 4.28. The van der Waals surface area contributed by atoms with Gasteiger partial charge in [0, 0.05) is 30.2 Å². The number of nitrogens with zero attached hydrogens (tertiary/aromatic N) is 2. The van der Waals surface area contributed by atoms with Gasteiger partial charge in [-0.3, -0.25) is 15.0 Å². The molecule has 4 nitrogen and oxygen atoms in total. The van der Waals surface area contributed by atoms with Gasteiger partial charge in [0.15, 0.2) is 0 Å². The summed E-state index contributed by atoms with van der Waals surface area (Å²) >= 11 is 6.16. The highest BCUT2D eigenvalue weighted by Crippen LogP contribution is 2.24. The molecule has 0 fully saturated rings. The quantitative estimate of drug-likeness (QED) is 0.591. The van der Waals surface area contributed by atoms with Crippen molar-refractivity contribution in [2.24, 2.45) is 0 Å². The molecular weight excluding hydrogens is 288 g/mol. The third kappa shape index (κ3) is 4.28. The first kappa shape index (κ1) is 15.5. The first-order valence-corrected chi connectivity index (χ1v) is 7.17. The van der Waals surface area contributed by atoms with E-state index in [1.807, 2.05) is 18.2 Å². The maximum Gasteiger partial charge on any atom is 0.269 e. The summed E-state index contributed by atoms with van der Waals surface area (Å²) in [4.78, 5) is 12.7. The zero-order chi connectivity index (χ0) is 15.2. The molecule has 0 amide bonds. The van der Waals surface area contributed by atoms with E-state index in [2.05, 4.69) is 24.0 Å². The van der Waals surface area contributed by atoms with Crippen LogP contribution in [0.3, 0.4) is 0 Å². The minimum atomic E-state index is -0.396. The van der Waals surface area contributed by atoms with Crippen molar-refractivity contribution in [3.63, 3.8) is 0 Å². The summed E-state index contributed by atoms with van der Waals surface area (Å²) in [6.07, 6.45) is 0. The molecule has 110 valence electrons. The highest BCUT2D eigenvalue weighted by molar-refractivity contribution is 6.31. The average Bonchev–Trinajstić information content (AvgIpc) is 2.49. The van der Waals surface area contributed by atoms with Crippen LogP contribution in [0, 0.1) is 10.1 Å². The second-order valence-electron chi connectivity index (χ2n) is 4.82. The Labute approximate surface area is 129 Å². The fourth-order valence-electron chi connectivity index (χ4n) is 2.16. The molecule has 0 atom stereocenters.